The molecule has 0 radical (unpaired) electrons. The molecule has 1 heterocycles. The average Bonchev–Trinajstić information content (AvgIpc) is 2.89. The fourth-order valence-electron chi connectivity index (χ4n) is 1.65. The predicted octanol–water partition coefficient (Wildman–Crippen LogP) is 1.93. The quantitative estimate of drug-likeness (QED) is 0.855. The molecule has 0 saturated heterocycles. The van der Waals surface area contributed by atoms with Crippen LogP contribution in [0.15, 0.2) is 35.2 Å². The summed E-state index contributed by atoms with van der Waals surface area (Å²) in [5.74, 6) is 1.52. The molecule has 17 heavy (non-hydrogen) atoms. The maximum atomic E-state index is 5.31. The summed E-state index contributed by atoms with van der Waals surface area (Å²) >= 11 is 0. The molecule has 0 saturated carbocycles. The third-order valence-electron chi connectivity index (χ3n) is 2.58. The number of rotatable bonds is 5. The molecule has 0 aliphatic rings. The molecule has 5 nitrogen and oxygen atoms in total. The number of methoxy groups -OCH3 is 1. The highest BCUT2D eigenvalue weighted by Gasteiger charge is 2.10. The number of aromatic nitrogens is 2. The third kappa shape index (κ3) is 2.82. The molecule has 0 bridgehead atoms. The molecule has 90 valence electrons. The second-order valence-electron chi connectivity index (χ2n) is 3.69. The van der Waals surface area contributed by atoms with E-state index in [0.29, 0.717) is 12.4 Å². The Morgan fingerprint density at radius 1 is 1.41 bits per heavy atom. The van der Waals surface area contributed by atoms with Crippen molar-refractivity contribution in [2.45, 2.75) is 19.5 Å². The standard InChI is InChI=1S/C12H15N3O2/c1-9(13-7-12-14-8-17-15-12)10-5-3-4-6-11(10)16-2/h3-6,8-9,13H,7H2,1-2H3. The van der Waals surface area contributed by atoms with Gasteiger partial charge in [0.25, 0.3) is 0 Å². The lowest BCUT2D eigenvalue weighted by Crippen LogP contribution is -2.19. The topological polar surface area (TPSA) is 60.2 Å². The molecule has 1 aromatic heterocycles. The molecule has 0 aliphatic carbocycles. The van der Waals surface area contributed by atoms with Gasteiger partial charge >= 0.3 is 0 Å². The van der Waals surface area contributed by atoms with Crippen LogP contribution in [0, 0.1) is 0 Å². The Kier molecular flexibility index (Phi) is 3.72. The Morgan fingerprint density at radius 2 is 2.24 bits per heavy atom. The third-order valence-corrected chi connectivity index (χ3v) is 2.58. The van der Waals surface area contributed by atoms with Crippen molar-refractivity contribution in [1.82, 2.24) is 15.5 Å². The monoisotopic (exact) mass is 233 g/mol. The number of hydrogen-bond acceptors (Lipinski definition) is 5. The van der Waals surface area contributed by atoms with Crippen LogP contribution in [0.3, 0.4) is 0 Å². The summed E-state index contributed by atoms with van der Waals surface area (Å²) in [7, 11) is 1.67. The van der Waals surface area contributed by atoms with Gasteiger partial charge < -0.3 is 14.6 Å². The second-order valence-corrected chi connectivity index (χ2v) is 3.69. The van der Waals surface area contributed by atoms with E-state index >= 15 is 0 Å². The Bertz CT molecular complexity index is 457. The van der Waals surface area contributed by atoms with E-state index < -0.39 is 0 Å². The van der Waals surface area contributed by atoms with Gasteiger partial charge in [-0.3, -0.25) is 0 Å². The SMILES string of the molecule is COc1ccccc1C(C)NCc1ncon1. The maximum Gasteiger partial charge on any atom is 0.213 e. The van der Waals surface area contributed by atoms with Crippen molar-refractivity contribution in [2.75, 3.05) is 7.11 Å². The van der Waals surface area contributed by atoms with Crippen molar-refractivity contribution in [3.63, 3.8) is 0 Å². The minimum Gasteiger partial charge on any atom is -0.496 e. The highest BCUT2D eigenvalue weighted by atomic mass is 16.5. The Morgan fingerprint density at radius 3 is 2.94 bits per heavy atom. The summed E-state index contributed by atoms with van der Waals surface area (Å²) in [6.45, 7) is 2.63. The largest absolute Gasteiger partial charge is 0.496 e. The van der Waals surface area contributed by atoms with E-state index in [4.69, 9.17) is 4.74 Å². The van der Waals surface area contributed by atoms with Crippen LogP contribution in [0.1, 0.15) is 24.4 Å². The van der Waals surface area contributed by atoms with Gasteiger partial charge in [0.2, 0.25) is 6.39 Å². The minimum absolute atomic E-state index is 0.157. The first-order valence-corrected chi connectivity index (χ1v) is 5.43. The number of benzene rings is 1. The summed E-state index contributed by atoms with van der Waals surface area (Å²) in [4.78, 5) is 3.95. The van der Waals surface area contributed by atoms with Crippen LogP contribution in [-0.2, 0) is 6.54 Å². The molecule has 0 aliphatic heterocycles. The van der Waals surface area contributed by atoms with Crippen LogP contribution in [0.25, 0.3) is 0 Å². The lowest BCUT2D eigenvalue weighted by Gasteiger charge is -2.16. The Balaban J connectivity index is 2.01. The molecule has 2 aromatic rings. The van der Waals surface area contributed by atoms with Crippen LogP contribution >= 0.6 is 0 Å². The fourth-order valence-corrected chi connectivity index (χ4v) is 1.65. The van der Waals surface area contributed by atoms with Gasteiger partial charge in [-0.15, -0.1) is 0 Å². The lowest BCUT2D eigenvalue weighted by molar-refractivity contribution is 0.395. The van der Waals surface area contributed by atoms with Crippen molar-refractivity contribution >= 4 is 0 Å². The maximum absolute atomic E-state index is 5.31. The van der Waals surface area contributed by atoms with Gasteiger partial charge in [0.05, 0.1) is 13.7 Å². The summed E-state index contributed by atoms with van der Waals surface area (Å²) in [5.41, 5.74) is 1.11. The number of nitrogens with zero attached hydrogens (tertiary/aromatic N) is 2. The molecule has 0 fully saturated rings. The molecule has 1 atom stereocenters. The van der Waals surface area contributed by atoms with Gasteiger partial charge in [0, 0.05) is 11.6 Å². The molecule has 0 amide bonds. The van der Waals surface area contributed by atoms with Crippen LogP contribution in [0.5, 0.6) is 5.75 Å². The molecule has 0 spiro atoms. The fraction of sp³-hybridized carbons (Fsp3) is 0.333. The van der Waals surface area contributed by atoms with Crippen LogP contribution in [0.4, 0.5) is 0 Å². The first kappa shape index (κ1) is 11.6. The lowest BCUT2D eigenvalue weighted by atomic mass is 10.1. The summed E-state index contributed by atoms with van der Waals surface area (Å²) in [5, 5.41) is 7.06. The zero-order chi connectivity index (χ0) is 12.1. The van der Waals surface area contributed by atoms with Crippen molar-refractivity contribution in [3.8, 4) is 5.75 Å². The highest BCUT2D eigenvalue weighted by molar-refractivity contribution is 5.35. The summed E-state index contributed by atoms with van der Waals surface area (Å²) in [6, 6.07) is 8.08. The first-order valence-electron chi connectivity index (χ1n) is 5.43. The van der Waals surface area contributed by atoms with Crippen molar-refractivity contribution < 1.29 is 9.26 Å². The molecule has 1 aromatic carbocycles. The molecule has 1 N–H and O–H groups in total. The Hall–Kier alpha value is -1.88. The smallest absolute Gasteiger partial charge is 0.213 e. The van der Waals surface area contributed by atoms with E-state index in [1.807, 2.05) is 24.3 Å². The van der Waals surface area contributed by atoms with Gasteiger partial charge in [0.15, 0.2) is 5.82 Å². The Labute approximate surface area is 99.8 Å². The van der Waals surface area contributed by atoms with Crippen LogP contribution in [0.2, 0.25) is 0 Å². The molecule has 2 rings (SSSR count). The second kappa shape index (κ2) is 5.45. The normalized spacial score (nSPS) is 12.4. The highest BCUT2D eigenvalue weighted by Crippen LogP contribution is 2.24. The number of nitrogens with one attached hydrogen (secondary N) is 1. The molecular weight excluding hydrogens is 218 g/mol. The van der Waals surface area contributed by atoms with Crippen molar-refractivity contribution in [3.05, 3.63) is 42.0 Å². The van der Waals surface area contributed by atoms with Crippen LogP contribution in [-0.4, -0.2) is 17.3 Å². The summed E-state index contributed by atoms with van der Waals surface area (Å²) in [6.07, 6.45) is 1.32. The predicted molar refractivity (Wildman–Crippen MR) is 62.5 cm³/mol. The molecule has 1 unspecified atom stereocenters. The molecule has 5 heteroatoms. The van der Waals surface area contributed by atoms with Crippen molar-refractivity contribution in [1.29, 1.82) is 0 Å². The van der Waals surface area contributed by atoms with E-state index in [1.165, 1.54) is 6.39 Å². The number of ether oxygens (including phenoxy) is 1. The summed E-state index contributed by atoms with van der Waals surface area (Å²) < 4.78 is 9.99. The van der Waals surface area contributed by atoms with Gasteiger partial charge in [0.1, 0.15) is 5.75 Å². The van der Waals surface area contributed by atoms with E-state index in [9.17, 15) is 0 Å². The van der Waals surface area contributed by atoms with Gasteiger partial charge in [-0.1, -0.05) is 23.4 Å². The van der Waals surface area contributed by atoms with E-state index in [2.05, 4.69) is 26.9 Å². The number of para-hydroxylation sites is 1. The number of hydrogen-bond donors (Lipinski definition) is 1. The van der Waals surface area contributed by atoms with Crippen LogP contribution < -0.4 is 10.1 Å². The van der Waals surface area contributed by atoms with Gasteiger partial charge in [-0.2, -0.15) is 4.98 Å². The van der Waals surface area contributed by atoms with Gasteiger partial charge in [-0.05, 0) is 13.0 Å². The van der Waals surface area contributed by atoms with Gasteiger partial charge in [-0.25, -0.2) is 0 Å². The van der Waals surface area contributed by atoms with E-state index in [-0.39, 0.29) is 6.04 Å². The zero-order valence-corrected chi connectivity index (χ0v) is 9.88. The zero-order valence-electron chi connectivity index (χ0n) is 9.88. The molecular formula is C12H15N3O2. The van der Waals surface area contributed by atoms with E-state index in [1.54, 1.807) is 7.11 Å². The van der Waals surface area contributed by atoms with E-state index in [0.717, 1.165) is 11.3 Å². The average molecular weight is 233 g/mol. The van der Waals surface area contributed by atoms with Crippen molar-refractivity contribution in [2.24, 2.45) is 0 Å². The minimum atomic E-state index is 0.157. The first-order chi connectivity index (χ1) is 8.31.